The first-order valence-electron chi connectivity index (χ1n) is 10.1. The smallest absolute Gasteiger partial charge is 0.324 e. The van der Waals surface area contributed by atoms with Gasteiger partial charge in [0.05, 0.1) is 10.2 Å². The van der Waals surface area contributed by atoms with E-state index in [0.29, 0.717) is 23.4 Å². The van der Waals surface area contributed by atoms with Crippen LogP contribution in [0.2, 0.25) is 0 Å². The first-order chi connectivity index (χ1) is 15.2. The van der Waals surface area contributed by atoms with Gasteiger partial charge in [0, 0.05) is 30.0 Å². The van der Waals surface area contributed by atoms with Gasteiger partial charge in [0.25, 0.3) is 0 Å². The summed E-state index contributed by atoms with van der Waals surface area (Å²) in [7, 11) is 0. The molecule has 2 amide bonds. The monoisotopic (exact) mass is 431 g/mol. The number of carbonyl (C=O) groups excluding carboxylic acids is 1. The lowest BCUT2D eigenvalue weighted by Crippen LogP contribution is -2.23. The minimum Gasteiger partial charge on any atom is -0.365 e. The predicted octanol–water partition coefficient (Wildman–Crippen LogP) is 4.17. The van der Waals surface area contributed by atoms with Gasteiger partial charge in [-0.25, -0.2) is 19.7 Å². The number of hydrogen-bond donors (Lipinski definition) is 4. The molecular weight excluding hydrogens is 410 g/mol. The highest BCUT2D eigenvalue weighted by Gasteiger charge is 2.18. The summed E-state index contributed by atoms with van der Waals surface area (Å²) in [6.07, 6.45) is 2.70. The Bertz CT molecular complexity index is 1200. The van der Waals surface area contributed by atoms with Crippen LogP contribution in [0, 0.1) is 0 Å². The SMILES string of the molecule is O=C(Nc1ccccc1)Nc1cc(-c2nc(NC3CCNC3)c3sccc3n2)ccn1. The Morgan fingerprint density at radius 1 is 1.10 bits per heavy atom. The maximum Gasteiger partial charge on any atom is 0.324 e. The molecule has 31 heavy (non-hydrogen) atoms. The number of thiophene rings is 1. The molecule has 0 aliphatic carbocycles. The number of rotatable bonds is 5. The summed E-state index contributed by atoms with van der Waals surface area (Å²) in [5.41, 5.74) is 2.39. The van der Waals surface area contributed by atoms with Crippen LogP contribution in [0.5, 0.6) is 0 Å². The molecule has 4 N–H and O–H groups in total. The molecule has 0 bridgehead atoms. The van der Waals surface area contributed by atoms with Crippen molar-refractivity contribution in [1.82, 2.24) is 20.3 Å². The zero-order valence-corrected chi connectivity index (χ0v) is 17.4. The maximum atomic E-state index is 12.3. The van der Waals surface area contributed by atoms with Crippen LogP contribution in [0.25, 0.3) is 21.6 Å². The molecule has 1 aromatic carbocycles. The van der Waals surface area contributed by atoms with Crippen molar-refractivity contribution in [1.29, 1.82) is 0 Å². The van der Waals surface area contributed by atoms with Crippen molar-refractivity contribution >= 4 is 44.9 Å². The number of urea groups is 1. The average molecular weight is 432 g/mol. The Hall–Kier alpha value is -3.56. The fourth-order valence-electron chi connectivity index (χ4n) is 3.50. The van der Waals surface area contributed by atoms with Crippen molar-refractivity contribution in [3.63, 3.8) is 0 Å². The number of pyridine rings is 1. The molecule has 9 heteroatoms. The lowest BCUT2D eigenvalue weighted by atomic mass is 10.2. The Morgan fingerprint density at radius 3 is 2.84 bits per heavy atom. The Labute approximate surface area is 183 Å². The highest BCUT2D eigenvalue weighted by Crippen LogP contribution is 2.30. The highest BCUT2D eigenvalue weighted by molar-refractivity contribution is 7.17. The normalized spacial score (nSPS) is 15.7. The van der Waals surface area contributed by atoms with Crippen molar-refractivity contribution in [2.24, 2.45) is 0 Å². The summed E-state index contributed by atoms with van der Waals surface area (Å²) < 4.78 is 1.05. The topological polar surface area (TPSA) is 104 Å². The molecule has 0 spiro atoms. The molecule has 4 aromatic rings. The Kier molecular flexibility index (Phi) is 5.42. The van der Waals surface area contributed by atoms with E-state index in [4.69, 9.17) is 9.97 Å². The summed E-state index contributed by atoms with van der Waals surface area (Å²) in [6, 6.07) is 14.9. The summed E-state index contributed by atoms with van der Waals surface area (Å²) in [4.78, 5) is 26.1. The van der Waals surface area contributed by atoms with Gasteiger partial charge in [-0.15, -0.1) is 11.3 Å². The van der Waals surface area contributed by atoms with E-state index in [1.54, 1.807) is 23.6 Å². The van der Waals surface area contributed by atoms with Gasteiger partial charge in [-0.3, -0.25) is 5.32 Å². The van der Waals surface area contributed by atoms with Crippen LogP contribution in [0.3, 0.4) is 0 Å². The number of amides is 2. The Morgan fingerprint density at radius 2 is 2.00 bits per heavy atom. The summed E-state index contributed by atoms with van der Waals surface area (Å²) in [5, 5.41) is 14.5. The largest absolute Gasteiger partial charge is 0.365 e. The fourth-order valence-corrected chi connectivity index (χ4v) is 4.28. The number of anilines is 3. The van der Waals surface area contributed by atoms with Gasteiger partial charge < -0.3 is 16.0 Å². The van der Waals surface area contributed by atoms with Crippen molar-refractivity contribution in [2.45, 2.75) is 12.5 Å². The van der Waals surface area contributed by atoms with E-state index in [2.05, 4.69) is 26.3 Å². The van der Waals surface area contributed by atoms with Crippen molar-refractivity contribution in [3.8, 4) is 11.4 Å². The quantitative estimate of drug-likeness (QED) is 0.378. The van der Waals surface area contributed by atoms with Crippen LogP contribution >= 0.6 is 11.3 Å². The molecule has 0 saturated carbocycles. The maximum absolute atomic E-state index is 12.3. The number of para-hydroxylation sites is 1. The summed E-state index contributed by atoms with van der Waals surface area (Å²) in [6.45, 7) is 1.93. The minimum absolute atomic E-state index is 0.351. The number of nitrogens with zero attached hydrogens (tertiary/aromatic N) is 3. The second-order valence-electron chi connectivity index (χ2n) is 7.24. The van der Waals surface area contributed by atoms with E-state index in [0.717, 1.165) is 41.1 Å². The predicted molar refractivity (Wildman–Crippen MR) is 125 cm³/mol. The van der Waals surface area contributed by atoms with E-state index in [1.165, 1.54) is 0 Å². The van der Waals surface area contributed by atoms with Crippen molar-refractivity contribution < 1.29 is 4.79 Å². The lowest BCUT2D eigenvalue weighted by Gasteiger charge is -2.14. The molecule has 4 heterocycles. The summed E-state index contributed by atoms with van der Waals surface area (Å²) in [5.74, 6) is 1.86. The molecule has 0 radical (unpaired) electrons. The van der Waals surface area contributed by atoms with Crippen LogP contribution in [0.4, 0.5) is 22.1 Å². The summed E-state index contributed by atoms with van der Waals surface area (Å²) >= 11 is 1.63. The first-order valence-corrected chi connectivity index (χ1v) is 10.9. The average Bonchev–Trinajstić information content (AvgIpc) is 3.46. The number of benzene rings is 1. The molecule has 1 unspecified atom stereocenters. The van der Waals surface area contributed by atoms with Gasteiger partial charge in [0.15, 0.2) is 5.82 Å². The van der Waals surface area contributed by atoms with E-state index >= 15 is 0 Å². The molecule has 8 nitrogen and oxygen atoms in total. The third kappa shape index (κ3) is 4.47. The van der Waals surface area contributed by atoms with Gasteiger partial charge in [-0.05, 0) is 48.7 Å². The molecule has 1 fully saturated rings. The molecular formula is C22H21N7OS. The molecule has 1 aliphatic heterocycles. The number of fused-ring (bicyclic) bond motifs is 1. The van der Waals surface area contributed by atoms with E-state index in [9.17, 15) is 4.79 Å². The molecule has 5 rings (SSSR count). The Balaban J connectivity index is 1.39. The third-order valence-corrected chi connectivity index (χ3v) is 5.91. The minimum atomic E-state index is -0.360. The van der Waals surface area contributed by atoms with Gasteiger partial charge in [-0.2, -0.15) is 0 Å². The molecule has 1 aliphatic rings. The first kappa shape index (κ1) is 19.4. The molecule has 156 valence electrons. The number of hydrogen-bond acceptors (Lipinski definition) is 7. The van der Waals surface area contributed by atoms with Gasteiger partial charge >= 0.3 is 6.03 Å². The van der Waals surface area contributed by atoms with Gasteiger partial charge in [0.1, 0.15) is 11.6 Å². The molecule has 1 saturated heterocycles. The zero-order valence-electron chi connectivity index (χ0n) is 16.6. The number of aromatic nitrogens is 3. The lowest BCUT2D eigenvalue weighted by molar-refractivity contribution is 0.262. The second-order valence-corrected chi connectivity index (χ2v) is 8.16. The molecule has 3 aromatic heterocycles. The van der Waals surface area contributed by atoms with Crippen LogP contribution in [-0.2, 0) is 0 Å². The van der Waals surface area contributed by atoms with Crippen LogP contribution < -0.4 is 21.3 Å². The van der Waals surface area contributed by atoms with Crippen molar-refractivity contribution in [2.75, 3.05) is 29.0 Å². The van der Waals surface area contributed by atoms with E-state index in [-0.39, 0.29) is 6.03 Å². The van der Waals surface area contributed by atoms with Crippen LogP contribution in [0.1, 0.15) is 6.42 Å². The van der Waals surface area contributed by atoms with Gasteiger partial charge in [0.2, 0.25) is 0 Å². The van der Waals surface area contributed by atoms with Crippen molar-refractivity contribution in [3.05, 3.63) is 60.1 Å². The van der Waals surface area contributed by atoms with Crippen LogP contribution in [0.15, 0.2) is 60.1 Å². The van der Waals surface area contributed by atoms with Crippen LogP contribution in [-0.4, -0.2) is 40.1 Å². The standard InChI is InChI=1S/C22H21N7OS/c30-22(26-15-4-2-1-3-5-15)28-18-12-14(6-10-24-18)20-27-17-8-11-31-19(17)21(29-20)25-16-7-9-23-13-16/h1-6,8,10-12,16,23H,7,9,13H2,(H,25,27,29)(H2,24,26,28,30). The zero-order chi connectivity index (χ0) is 21.0. The number of nitrogens with one attached hydrogen (secondary N) is 4. The van der Waals surface area contributed by atoms with Gasteiger partial charge in [-0.1, -0.05) is 18.2 Å². The molecule has 1 atom stereocenters. The third-order valence-electron chi connectivity index (χ3n) is 5.00. The number of carbonyl (C=O) groups is 1. The van der Waals surface area contributed by atoms with E-state index < -0.39 is 0 Å². The van der Waals surface area contributed by atoms with E-state index in [1.807, 2.05) is 47.8 Å². The fraction of sp³-hybridized carbons (Fsp3) is 0.182. The second kappa shape index (κ2) is 8.66. The highest BCUT2D eigenvalue weighted by atomic mass is 32.1.